The predicted octanol–water partition coefficient (Wildman–Crippen LogP) is 9.58. The molecule has 44 heavy (non-hydrogen) atoms. The minimum absolute atomic E-state index is 0.0117. The number of rotatable bonds is 23. The molecule has 0 aromatic carbocycles. The molecule has 4 aliphatic rings. The molecule has 0 bridgehead atoms. The quantitative estimate of drug-likeness (QED) is 0.0908. The topological polar surface area (TPSA) is 74.2 Å². The van der Waals surface area contributed by atoms with E-state index in [9.17, 15) is 9.90 Å². The van der Waals surface area contributed by atoms with E-state index in [0.29, 0.717) is 12.8 Å². The van der Waals surface area contributed by atoms with Crippen molar-refractivity contribution in [2.45, 2.75) is 185 Å². The van der Waals surface area contributed by atoms with Gasteiger partial charge in [-0.3, -0.25) is 4.79 Å². The molecule has 0 spiro atoms. The molecule has 4 unspecified atom stereocenters. The fourth-order valence-electron chi connectivity index (χ4n) is 8.89. The highest BCUT2D eigenvalue weighted by atomic mass is 16.5. The Morgan fingerprint density at radius 1 is 0.614 bits per heavy atom. The minimum Gasteiger partial charge on any atom is -0.481 e. The van der Waals surface area contributed by atoms with Crippen LogP contribution in [-0.2, 0) is 23.7 Å². The van der Waals surface area contributed by atoms with Gasteiger partial charge >= 0.3 is 5.97 Å². The summed E-state index contributed by atoms with van der Waals surface area (Å²) >= 11 is 0. The second-order valence-electron chi connectivity index (χ2n) is 14.7. The first-order valence-electron chi connectivity index (χ1n) is 18.9. The average Bonchev–Trinajstić information content (AvgIpc) is 3.85. The van der Waals surface area contributed by atoms with E-state index in [1.165, 1.54) is 51.4 Å². The Hall–Kier alpha value is -0.950. The van der Waals surface area contributed by atoms with Crippen molar-refractivity contribution in [3.8, 4) is 0 Å². The summed E-state index contributed by atoms with van der Waals surface area (Å²) in [6.45, 7) is 5.36. The van der Waals surface area contributed by atoms with Crippen molar-refractivity contribution in [1.82, 2.24) is 0 Å². The number of aliphatic carboxylic acids is 1. The van der Waals surface area contributed by atoms with Crippen LogP contribution in [0.1, 0.15) is 161 Å². The van der Waals surface area contributed by atoms with E-state index >= 15 is 0 Å². The van der Waals surface area contributed by atoms with E-state index < -0.39 is 16.8 Å². The van der Waals surface area contributed by atoms with Crippen molar-refractivity contribution < 1.29 is 28.8 Å². The van der Waals surface area contributed by atoms with Crippen LogP contribution in [0.15, 0.2) is 12.2 Å². The van der Waals surface area contributed by atoms with Crippen LogP contribution in [0.25, 0.3) is 0 Å². The molecular formula is C38H66O6. The van der Waals surface area contributed by atoms with Crippen LogP contribution >= 0.6 is 0 Å². The Morgan fingerprint density at radius 3 is 1.43 bits per heavy atom. The third-order valence-corrected chi connectivity index (χ3v) is 11.3. The number of unbranched alkanes of at least 4 members (excludes halogenated alkanes) is 9. The standard InChI is InChI=1S/C38H66O6/c1-2-3-4-5-6-7-8-9-10-11-12-13-14-23-37(28-32-19-15-24-41-32,29-33-20-16-25-42-33)38(36(39)40,30-34-21-17-26-43-34)31-35-22-18-27-44-35/h9-10,32-35H,2-8,11-31H2,1H3,(H,39,40)/b10-9-. The highest BCUT2D eigenvalue weighted by Crippen LogP contribution is 2.58. The van der Waals surface area contributed by atoms with Gasteiger partial charge in [0.2, 0.25) is 0 Å². The van der Waals surface area contributed by atoms with Crippen LogP contribution in [0, 0.1) is 10.8 Å². The zero-order chi connectivity index (χ0) is 30.9. The van der Waals surface area contributed by atoms with Crippen LogP contribution in [0.3, 0.4) is 0 Å². The second kappa shape index (κ2) is 19.7. The molecule has 6 nitrogen and oxygen atoms in total. The third-order valence-electron chi connectivity index (χ3n) is 11.3. The average molecular weight is 619 g/mol. The maximum absolute atomic E-state index is 13.9. The Balaban J connectivity index is 1.48. The van der Waals surface area contributed by atoms with E-state index in [1.807, 2.05) is 0 Å². The molecule has 1 N–H and O–H groups in total. The summed E-state index contributed by atoms with van der Waals surface area (Å²) in [6, 6.07) is 0. The van der Waals surface area contributed by atoms with E-state index in [-0.39, 0.29) is 24.4 Å². The molecule has 4 rings (SSSR count). The third kappa shape index (κ3) is 10.8. The molecule has 4 fully saturated rings. The molecule has 0 radical (unpaired) electrons. The number of hydrogen-bond donors (Lipinski definition) is 1. The van der Waals surface area contributed by atoms with Gasteiger partial charge < -0.3 is 24.1 Å². The van der Waals surface area contributed by atoms with Gasteiger partial charge in [0.1, 0.15) is 0 Å². The smallest absolute Gasteiger partial charge is 0.310 e. The molecule has 4 aliphatic heterocycles. The Kier molecular flexibility index (Phi) is 16.0. The highest BCUT2D eigenvalue weighted by molar-refractivity contribution is 5.76. The maximum atomic E-state index is 13.9. The van der Waals surface area contributed by atoms with Gasteiger partial charge in [0.05, 0.1) is 29.8 Å². The Labute approximate surface area is 269 Å². The lowest BCUT2D eigenvalue weighted by Gasteiger charge is -2.52. The molecule has 0 aliphatic carbocycles. The van der Waals surface area contributed by atoms with E-state index in [0.717, 1.165) is 116 Å². The predicted molar refractivity (Wildman–Crippen MR) is 177 cm³/mol. The summed E-state index contributed by atoms with van der Waals surface area (Å²) in [4.78, 5) is 13.9. The Bertz CT molecular complexity index is 766. The number of ether oxygens (including phenoxy) is 4. The van der Waals surface area contributed by atoms with Crippen molar-refractivity contribution in [3.05, 3.63) is 12.2 Å². The van der Waals surface area contributed by atoms with Crippen molar-refractivity contribution >= 4 is 5.97 Å². The van der Waals surface area contributed by atoms with Crippen LogP contribution < -0.4 is 0 Å². The normalized spacial score (nSPS) is 28.6. The lowest BCUT2D eigenvalue weighted by atomic mass is 9.52. The molecule has 0 aromatic rings. The van der Waals surface area contributed by atoms with Gasteiger partial charge in [0, 0.05) is 26.4 Å². The number of allylic oxidation sites excluding steroid dienone is 2. The molecule has 0 saturated carbocycles. The van der Waals surface area contributed by atoms with Crippen LogP contribution in [0.2, 0.25) is 0 Å². The molecule has 4 saturated heterocycles. The summed E-state index contributed by atoms with van der Waals surface area (Å²) in [6.07, 6.45) is 30.7. The van der Waals surface area contributed by atoms with Gasteiger partial charge in [0.15, 0.2) is 0 Å². The number of carbonyl (C=O) groups is 1. The lowest BCUT2D eigenvalue weighted by molar-refractivity contribution is -0.176. The molecular weight excluding hydrogens is 552 g/mol. The number of carboxylic acids is 1. The molecule has 0 aromatic heterocycles. The van der Waals surface area contributed by atoms with Gasteiger partial charge in [-0.25, -0.2) is 0 Å². The molecule has 0 amide bonds. The van der Waals surface area contributed by atoms with Gasteiger partial charge in [-0.15, -0.1) is 0 Å². The fraction of sp³-hybridized carbons (Fsp3) is 0.921. The molecule has 4 atom stereocenters. The van der Waals surface area contributed by atoms with Gasteiger partial charge in [-0.2, -0.15) is 0 Å². The summed E-state index contributed by atoms with van der Waals surface area (Å²) in [5.41, 5.74) is -1.32. The van der Waals surface area contributed by atoms with Gasteiger partial charge in [-0.05, 0) is 115 Å². The van der Waals surface area contributed by atoms with Crippen LogP contribution in [0.5, 0.6) is 0 Å². The molecule has 4 heterocycles. The second-order valence-corrected chi connectivity index (χ2v) is 14.7. The summed E-state index contributed by atoms with van der Waals surface area (Å²) in [5, 5.41) is 11.4. The van der Waals surface area contributed by atoms with E-state index in [2.05, 4.69) is 19.1 Å². The van der Waals surface area contributed by atoms with E-state index in [4.69, 9.17) is 18.9 Å². The maximum Gasteiger partial charge on any atom is 0.310 e. The highest BCUT2D eigenvalue weighted by Gasteiger charge is 2.59. The zero-order valence-electron chi connectivity index (χ0n) is 28.3. The van der Waals surface area contributed by atoms with Gasteiger partial charge in [0.25, 0.3) is 0 Å². The molecule has 6 heteroatoms. The first-order chi connectivity index (χ1) is 21.6. The zero-order valence-corrected chi connectivity index (χ0v) is 28.3. The van der Waals surface area contributed by atoms with Crippen molar-refractivity contribution in [2.75, 3.05) is 26.4 Å². The summed E-state index contributed by atoms with van der Waals surface area (Å²) in [5.74, 6) is -0.642. The van der Waals surface area contributed by atoms with Crippen molar-refractivity contribution in [1.29, 1.82) is 0 Å². The summed E-state index contributed by atoms with van der Waals surface area (Å²) < 4.78 is 25.0. The number of carboxylic acid groups (broad SMARTS) is 1. The Morgan fingerprint density at radius 2 is 1.02 bits per heavy atom. The van der Waals surface area contributed by atoms with Crippen molar-refractivity contribution in [3.63, 3.8) is 0 Å². The summed E-state index contributed by atoms with van der Waals surface area (Å²) in [7, 11) is 0. The largest absolute Gasteiger partial charge is 0.481 e. The van der Waals surface area contributed by atoms with Crippen molar-refractivity contribution in [2.24, 2.45) is 10.8 Å². The lowest BCUT2D eigenvalue weighted by Crippen LogP contribution is -2.54. The molecule has 254 valence electrons. The van der Waals surface area contributed by atoms with Crippen LogP contribution in [-0.4, -0.2) is 61.9 Å². The monoisotopic (exact) mass is 618 g/mol. The minimum atomic E-state index is -0.911. The van der Waals surface area contributed by atoms with Gasteiger partial charge in [-0.1, -0.05) is 64.0 Å². The fourth-order valence-corrected chi connectivity index (χ4v) is 8.89. The number of hydrogen-bond acceptors (Lipinski definition) is 5. The SMILES string of the molecule is CCCCCCCC/C=C\CCCCCC(CC1CCCO1)(CC1CCCO1)C(CC1CCCO1)(CC1CCCO1)C(=O)O. The first kappa shape index (κ1) is 35.9. The van der Waals surface area contributed by atoms with Crippen LogP contribution in [0.4, 0.5) is 0 Å². The van der Waals surface area contributed by atoms with E-state index in [1.54, 1.807) is 0 Å². The first-order valence-corrected chi connectivity index (χ1v) is 18.9.